The minimum absolute atomic E-state index is 0.0244. The minimum Gasteiger partial charge on any atom is -0.293 e. The number of thiophene rings is 1. The van der Waals surface area contributed by atoms with E-state index >= 15 is 0 Å². The van der Waals surface area contributed by atoms with Gasteiger partial charge < -0.3 is 0 Å². The number of sulfone groups is 1. The summed E-state index contributed by atoms with van der Waals surface area (Å²) >= 11 is 0.969. The van der Waals surface area contributed by atoms with Gasteiger partial charge in [0.15, 0.2) is 15.6 Å². The predicted molar refractivity (Wildman–Crippen MR) is 100 cm³/mol. The quantitative estimate of drug-likeness (QED) is 0.695. The molecule has 27 heavy (non-hydrogen) atoms. The molecule has 4 rings (SSSR count). The highest BCUT2D eigenvalue weighted by atomic mass is 32.2. The highest BCUT2D eigenvalue weighted by Crippen LogP contribution is 2.37. The van der Waals surface area contributed by atoms with Crippen molar-refractivity contribution in [2.24, 2.45) is 0 Å². The third-order valence-corrected chi connectivity index (χ3v) is 9.21. The molecule has 0 atom stereocenters. The smallest absolute Gasteiger partial charge is 0.271 e. The standard InChI is InChI=1S/C17H12FNO5S3/c1-9-12-7-11(18)3-5-15(12)25-17(9)27(23,24)19-13-4-2-10-6-16(13)26(21,22)8-14(10)20/h2-7,19H,8H2,1H3. The van der Waals surface area contributed by atoms with E-state index in [4.69, 9.17) is 0 Å². The van der Waals surface area contributed by atoms with Crippen molar-refractivity contribution in [3.8, 4) is 0 Å². The maximum atomic E-state index is 13.5. The maximum absolute atomic E-state index is 13.5. The molecule has 0 unspecified atom stereocenters. The number of rotatable bonds is 3. The Hall–Kier alpha value is -2.30. The van der Waals surface area contributed by atoms with Gasteiger partial charge in [0.25, 0.3) is 10.0 Å². The van der Waals surface area contributed by atoms with E-state index < -0.39 is 37.2 Å². The summed E-state index contributed by atoms with van der Waals surface area (Å²) in [6.45, 7) is 1.56. The third kappa shape index (κ3) is 2.93. The summed E-state index contributed by atoms with van der Waals surface area (Å²) in [5, 5.41) is 0.482. The van der Waals surface area contributed by atoms with Crippen LogP contribution in [0.4, 0.5) is 10.1 Å². The number of benzene rings is 2. The molecule has 6 nitrogen and oxygen atoms in total. The number of ketones is 1. The van der Waals surface area contributed by atoms with Crippen molar-refractivity contribution in [1.82, 2.24) is 0 Å². The normalized spacial score (nSPS) is 15.9. The molecule has 0 radical (unpaired) electrons. The van der Waals surface area contributed by atoms with Crippen molar-refractivity contribution >= 4 is 52.8 Å². The number of halogens is 1. The number of hydrogen-bond donors (Lipinski definition) is 1. The lowest BCUT2D eigenvalue weighted by atomic mass is 10.1. The Morgan fingerprint density at radius 2 is 1.89 bits per heavy atom. The van der Waals surface area contributed by atoms with Gasteiger partial charge in [0.2, 0.25) is 0 Å². The molecule has 3 aromatic rings. The molecule has 140 valence electrons. The summed E-state index contributed by atoms with van der Waals surface area (Å²) in [5.41, 5.74) is 0.482. The maximum Gasteiger partial charge on any atom is 0.271 e. The Bertz CT molecular complexity index is 1340. The molecule has 0 amide bonds. The number of anilines is 1. The van der Waals surface area contributed by atoms with Crippen molar-refractivity contribution in [3.05, 3.63) is 53.3 Å². The van der Waals surface area contributed by atoms with Crippen LogP contribution in [0, 0.1) is 12.7 Å². The predicted octanol–water partition coefficient (Wildman–Crippen LogP) is 3.12. The molecule has 0 fully saturated rings. The van der Waals surface area contributed by atoms with Crippen LogP contribution < -0.4 is 4.72 Å². The molecule has 1 aliphatic rings. The third-order valence-electron chi connectivity index (χ3n) is 4.30. The van der Waals surface area contributed by atoms with E-state index in [0.29, 0.717) is 15.6 Å². The number of Topliss-reactive ketones (excluding diaryl/α,β-unsaturated/α-hetero) is 1. The number of aryl methyl sites for hydroxylation is 1. The molecular weight excluding hydrogens is 413 g/mol. The molecule has 1 aromatic heterocycles. The molecule has 0 spiro atoms. The van der Waals surface area contributed by atoms with E-state index in [9.17, 15) is 26.0 Å². The van der Waals surface area contributed by atoms with E-state index in [1.807, 2.05) is 0 Å². The van der Waals surface area contributed by atoms with Crippen molar-refractivity contribution in [2.45, 2.75) is 16.0 Å². The highest BCUT2D eigenvalue weighted by Gasteiger charge is 2.31. The Kier molecular flexibility index (Phi) is 3.92. The van der Waals surface area contributed by atoms with Gasteiger partial charge in [-0.1, -0.05) is 0 Å². The van der Waals surface area contributed by atoms with Gasteiger partial charge in [-0.15, -0.1) is 11.3 Å². The molecular formula is C17H12FNO5S3. The van der Waals surface area contributed by atoms with Crippen LogP contribution in [0.5, 0.6) is 0 Å². The molecule has 0 aliphatic carbocycles. The molecule has 10 heteroatoms. The lowest BCUT2D eigenvalue weighted by Gasteiger charge is -2.17. The van der Waals surface area contributed by atoms with E-state index in [0.717, 1.165) is 11.3 Å². The molecule has 0 saturated carbocycles. The highest BCUT2D eigenvalue weighted by molar-refractivity contribution is 7.95. The molecule has 0 saturated heterocycles. The van der Waals surface area contributed by atoms with Crippen LogP contribution in [0.15, 0.2) is 45.5 Å². The first-order chi connectivity index (χ1) is 12.6. The SMILES string of the molecule is Cc1c(S(=O)(=O)Nc2ccc3cc2S(=O)(=O)CC3=O)sc2ccc(F)cc12. The average Bonchev–Trinajstić information content (AvgIpc) is 2.91. The molecule has 2 bridgehead atoms. The van der Waals surface area contributed by atoms with Crippen LogP contribution in [0.3, 0.4) is 0 Å². The molecule has 2 heterocycles. The van der Waals surface area contributed by atoms with E-state index in [2.05, 4.69) is 4.72 Å². The number of nitrogens with one attached hydrogen (secondary N) is 1. The topological polar surface area (TPSA) is 97.4 Å². The van der Waals surface area contributed by atoms with Crippen LogP contribution in [0.25, 0.3) is 10.1 Å². The second kappa shape index (κ2) is 5.85. The first kappa shape index (κ1) is 18.1. The summed E-state index contributed by atoms with van der Waals surface area (Å²) in [4.78, 5) is 11.5. The number of hydrogen-bond acceptors (Lipinski definition) is 6. The second-order valence-corrected chi connectivity index (χ2v) is 11.0. The van der Waals surface area contributed by atoms with Crippen LogP contribution in [0.2, 0.25) is 0 Å². The lowest BCUT2D eigenvalue weighted by molar-refractivity contribution is 0.101. The monoisotopic (exact) mass is 425 g/mol. The van der Waals surface area contributed by atoms with Gasteiger partial charge in [0.1, 0.15) is 15.8 Å². The lowest BCUT2D eigenvalue weighted by Crippen LogP contribution is -2.24. The molecule has 1 aliphatic heterocycles. The van der Waals surface area contributed by atoms with Gasteiger partial charge in [-0.2, -0.15) is 0 Å². The van der Waals surface area contributed by atoms with Gasteiger partial charge in [-0.05, 0) is 54.3 Å². The van der Waals surface area contributed by atoms with Crippen molar-refractivity contribution in [1.29, 1.82) is 0 Å². The Balaban J connectivity index is 1.83. The van der Waals surface area contributed by atoms with Gasteiger partial charge >= 0.3 is 0 Å². The average molecular weight is 425 g/mol. The number of sulfonamides is 1. The van der Waals surface area contributed by atoms with Crippen LogP contribution in [-0.2, 0) is 19.9 Å². The second-order valence-electron chi connectivity index (χ2n) is 6.15. The summed E-state index contributed by atoms with van der Waals surface area (Å²) < 4.78 is 66.6. The van der Waals surface area contributed by atoms with Gasteiger partial charge in [0, 0.05) is 10.3 Å². The Morgan fingerprint density at radius 1 is 1.15 bits per heavy atom. The van der Waals surface area contributed by atoms with E-state index in [1.54, 1.807) is 6.92 Å². The Morgan fingerprint density at radius 3 is 2.63 bits per heavy atom. The largest absolute Gasteiger partial charge is 0.293 e. The zero-order valence-electron chi connectivity index (χ0n) is 13.8. The fourth-order valence-corrected chi connectivity index (χ4v) is 7.31. The minimum atomic E-state index is -4.11. The van der Waals surface area contributed by atoms with Crippen LogP contribution in [0.1, 0.15) is 15.9 Å². The number of fused-ring (bicyclic) bond motifs is 3. The zero-order chi connectivity index (χ0) is 19.6. The van der Waals surface area contributed by atoms with Crippen LogP contribution in [-0.4, -0.2) is 28.4 Å². The zero-order valence-corrected chi connectivity index (χ0v) is 16.3. The fourth-order valence-electron chi connectivity index (χ4n) is 2.99. The van der Waals surface area contributed by atoms with Gasteiger partial charge in [-0.3, -0.25) is 9.52 Å². The summed E-state index contributed by atoms with van der Waals surface area (Å²) in [5.74, 6) is -1.69. The number of carbonyl (C=O) groups excluding carboxylic acids is 1. The van der Waals surface area contributed by atoms with E-state index in [1.165, 1.54) is 36.4 Å². The molecule has 1 N–H and O–H groups in total. The number of carbonyl (C=O) groups is 1. The van der Waals surface area contributed by atoms with E-state index in [-0.39, 0.29) is 20.4 Å². The van der Waals surface area contributed by atoms with Gasteiger partial charge in [0.05, 0.1) is 10.6 Å². The molecule has 2 aromatic carbocycles. The fraction of sp³-hybridized carbons (Fsp3) is 0.118. The first-order valence-electron chi connectivity index (χ1n) is 7.70. The summed E-state index contributed by atoms with van der Waals surface area (Å²) in [7, 11) is -8.03. The van der Waals surface area contributed by atoms with Gasteiger partial charge in [-0.25, -0.2) is 21.2 Å². The summed E-state index contributed by atoms with van der Waals surface area (Å²) in [6.07, 6.45) is 0. The van der Waals surface area contributed by atoms with Crippen molar-refractivity contribution in [2.75, 3.05) is 10.5 Å². The van der Waals surface area contributed by atoms with Crippen molar-refractivity contribution in [3.63, 3.8) is 0 Å². The van der Waals surface area contributed by atoms with Crippen molar-refractivity contribution < 1.29 is 26.0 Å². The summed E-state index contributed by atoms with van der Waals surface area (Å²) in [6, 6.07) is 7.82. The first-order valence-corrected chi connectivity index (χ1v) is 11.7. The Labute approximate surface area is 158 Å². The van der Waals surface area contributed by atoms with Crippen LogP contribution >= 0.6 is 11.3 Å².